The van der Waals surface area contributed by atoms with Crippen molar-refractivity contribution in [3.8, 4) is 0 Å². The van der Waals surface area contributed by atoms with E-state index in [1.54, 1.807) is 14.2 Å². The third-order valence-corrected chi connectivity index (χ3v) is 2.82. The van der Waals surface area contributed by atoms with E-state index in [9.17, 15) is 4.79 Å². The molecule has 1 aliphatic heterocycles. The number of carbonyl (C=O) groups is 1. The maximum absolute atomic E-state index is 11.8. The van der Waals surface area contributed by atoms with Crippen LogP contribution in [-0.4, -0.2) is 52.0 Å². The number of piperidine rings is 1. The zero-order chi connectivity index (χ0) is 11.8. The summed E-state index contributed by atoms with van der Waals surface area (Å²) in [6.45, 7) is 1.93. The third kappa shape index (κ3) is 4.47. The molecule has 0 spiro atoms. The lowest BCUT2D eigenvalue weighted by Gasteiger charge is -2.23. The zero-order valence-electron chi connectivity index (χ0n) is 10.1. The molecule has 1 unspecified atom stereocenters. The molecule has 0 aliphatic carbocycles. The van der Waals surface area contributed by atoms with Gasteiger partial charge in [-0.2, -0.15) is 0 Å². The lowest BCUT2D eigenvalue weighted by atomic mass is 10.0. The van der Waals surface area contributed by atoms with E-state index in [2.05, 4.69) is 10.6 Å². The molecule has 5 heteroatoms. The maximum Gasteiger partial charge on any atom is 0.237 e. The molecular formula is C11H22N2O3. The molecular weight excluding hydrogens is 208 g/mol. The molecule has 0 saturated carbocycles. The van der Waals surface area contributed by atoms with Crippen molar-refractivity contribution in [1.82, 2.24) is 10.6 Å². The number of ether oxygens (including phenoxy) is 2. The molecule has 1 rings (SSSR count). The van der Waals surface area contributed by atoms with Crippen LogP contribution in [0.4, 0.5) is 0 Å². The first-order chi connectivity index (χ1) is 7.77. The van der Waals surface area contributed by atoms with E-state index >= 15 is 0 Å². The summed E-state index contributed by atoms with van der Waals surface area (Å²) in [6.07, 6.45) is 3.14. The smallest absolute Gasteiger partial charge is 0.237 e. The largest absolute Gasteiger partial charge is 0.382 e. The molecule has 5 nitrogen and oxygen atoms in total. The molecule has 0 aromatic rings. The maximum atomic E-state index is 11.8. The Hall–Kier alpha value is -0.650. The number of carbonyl (C=O) groups excluding carboxylic acids is 1. The van der Waals surface area contributed by atoms with Crippen molar-refractivity contribution in [3.05, 3.63) is 0 Å². The second-order valence-corrected chi connectivity index (χ2v) is 4.06. The molecule has 2 N–H and O–H groups in total. The predicted octanol–water partition coefficient (Wildman–Crippen LogP) is -0.0939. The summed E-state index contributed by atoms with van der Waals surface area (Å²) in [7, 11) is 3.24. The van der Waals surface area contributed by atoms with Gasteiger partial charge in [0.2, 0.25) is 5.91 Å². The molecule has 1 saturated heterocycles. The van der Waals surface area contributed by atoms with Gasteiger partial charge in [0.15, 0.2) is 0 Å². The second-order valence-electron chi connectivity index (χ2n) is 4.06. The molecule has 94 valence electrons. The van der Waals surface area contributed by atoms with Crippen LogP contribution >= 0.6 is 0 Å². The minimum Gasteiger partial charge on any atom is -0.382 e. The van der Waals surface area contributed by atoms with E-state index in [1.165, 1.54) is 0 Å². The Morgan fingerprint density at radius 2 is 2.31 bits per heavy atom. The quantitative estimate of drug-likeness (QED) is 0.669. The average Bonchev–Trinajstić information content (AvgIpc) is 2.35. The van der Waals surface area contributed by atoms with Crippen LogP contribution in [0.5, 0.6) is 0 Å². The van der Waals surface area contributed by atoms with Crippen LogP contribution in [0.2, 0.25) is 0 Å². The van der Waals surface area contributed by atoms with Gasteiger partial charge in [0.05, 0.1) is 18.8 Å². The zero-order valence-corrected chi connectivity index (χ0v) is 10.1. The number of nitrogens with one attached hydrogen (secondary N) is 2. The fraction of sp³-hybridized carbons (Fsp3) is 0.909. The van der Waals surface area contributed by atoms with E-state index in [-0.39, 0.29) is 18.1 Å². The molecule has 1 heterocycles. The molecule has 0 aromatic carbocycles. The highest BCUT2D eigenvalue weighted by Crippen LogP contribution is 2.06. The van der Waals surface area contributed by atoms with Crippen LogP contribution in [0, 0.1) is 0 Å². The first kappa shape index (κ1) is 13.4. The number of methoxy groups -OCH3 is 2. The average molecular weight is 230 g/mol. The van der Waals surface area contributed by atoms with Crippen molar-refractivity contribution in [1.29, 1.82) is 0 Å². The standard InChI is InChI=1S/C11H22N2O3/c1-15-8-9(16-2)7-13-11(14)10-5-3-4-6-12-10/h9-10,12H,3-8H2,1-2H3,(H,13,14)/t9?,10-/m1/s1. The Balaban J connectivity index is 2.22. The number of hydrogen-bond donors (Lipinski definition) is 2. The van der Waals surface area contributed by atoms with Crippen LogP contribution in [0.15, 0.2) is 0 Å². The Labute approximate surface area is 96.9 Å². The van der Waals surface area contributed by atoms with E-state index < -0.39 is 0 Å². The van der Waals surface area contributed by atoms with Crippen LogP contribution in [0.25, 0.3) is 0 Å². The fourth-order valence-electron chi connectivity index (χ4n) is 1.81. The molecule has 16 heavy (non-hydrogen) atoms. The van der Waals surface area contributed by atoms with Crippen molar-refractivity contribution in [2.75, 3.05) is 33.9 Å². The summed E-state index contributed by atoms with van der Waals surface area (Å²) in [5.41, 5.74) is 0. The molecule has 1 amide bonds. The lowest BCUT2D eigenvalue weighted by molar-refractivity contribution is -0.124. The van der Waals surface area contributed by atoms with E-state index in [0.29, 0.717) is 13.2 Å². The molecule has 0 aromatic heterocycles. The topological polar surface area (TPSA) is 59.6 Å². The molecule has 1 aliphatic rings. The van der Waals surface area contributed by atoms with Crippen molar-refractivity contribution in [3.63, 3.8) is 0 Å². The molecule has 0 bridgehead atoms. The number of rotatable bonds is 6. The van der Waals surface area contributed by atoms with Crippen molar-refractivity contribution < 1.29 is 14.3 Å². The van der Waals surface area contributed by atoms with Gasteiger partial charge in [-0.25, -0.2) is 0 Å². The monoisotopic (exact) mass is 230 g/mol. The number of hydrogen-bond acceptors (Lipinski definition) is 4. The van der Waals surface area contributed by atoms with Gasteiger partial charge >= 0.3 is 0 Å². The summed E-state index contributed by atoms with van der Waals surface area (Å²) < 4.78 is 10.1. The van der Waals surface area contributed by atoms with Gasteiger partial charge in [0, 0.05) is 20.8 Å². The highest BCUT2D eigenvalue weighted by molar-refractivity contribution is 5.81. The van der Waals surface area contributed by atoms with Crippen LogP contribution < -0.4 is 10.6 Å². The van der Waals surface area contributed by atoms with Gasteiger partial charge < -0.3 is 20.1 Å². The normalized spacial score (nSPS) is 22.8. The van der Waals surface area contributed by atoms with Gasteiger partial charge in [-0.15, -0.1) is 0 Å². The van der Waals surface area contributed by atoms with E-state index in [4.69, 9.17) is 9.47 Å². The van der Waals surface area contributed by atoms with Crippen molar-refractivity contribution in [2.24, 2.45) is 0 Å². The SMILES string of the molecule is COCC(CNC(=O)[C@H]1CCCCN1)OC. The Morgan fingerprint density at radius 1 is 1.50 bits per heavy atom. The summed E-state index contributed by atoms with van der Waals surface area (Å²) in [5.74, 6) is 0.0675. The lowest BCUT2D eigenvalue weighted by Crippen LogP contribution is -2.48. The van der Waals surface area contributed by atoms with Crippen LogP contribution in [-0.2, 0) is 14.3 Å². The minimum atomic E-state index is -0.0717. The van der Waals surface area contributed by atoms with Crippen LogP contribution in [0.3, 0.4) is 0 Å². The Morgan fingerprint density at radius 3 is 2.88 bits per heavy atom. The summed E-state index contributed by atoms with van der Waals surface area (Å²) in [5, 5.41) is 6.09. The summed E-state index contributed by atoms with van der Waals surface area (Å²) in [6, 6.07) is -0.0335. The molecule has 0 radical (unpaired) electrons. The third-order valence-electron chi connectivity index (χ3n) is 2.82. The van der Waals surface area contributed by atoms with Gasteiger partial charge in [0.25, 0.3) is 0 Å². The van der Waals surface area contributed by atoms with Gasteiger partial charge in [0.1, 0.15) is 0 Å². The highest BCUT2D eigenvalue weighted by atomic mass is 16.5. The molecule has 2 atom stereocenters. The Kier molecular flexibility index (Phi) is 6.37. The van der Waals surface area contributed by atoms with Crippen LogP contribution in [0.1, 0.15) is 19.3 Å². The second kappa shape index (κ2) is 7.60. The minimum absolute atomic E-state index is 0.0335. The first-order valence-corrected chi connectivity index (χ1v) is 5.80. The summed E-state index contributed by atoms with van der Waals surface area (Å²) in [4.78, 5) is 11.8. The Bertz CT molecular complexity index is 205. The number of amides is 1. The summed E-state index contributed by atoms with van der Waals surface area (Å²) >= 11 is 0. The predicted molar refractivity (Wildman–Crippen MR) is 61.3 cm³/mol. The highest BCUT2D eigenvalue weighted by Gasteiger charge is 2.20. The van der Waals surface area contributed by atoms with Crippen molar-refractivity contribution >= 4 is 5.91 Å². The van der Waals surface area contributed by atoms with Gasteiger partial charge in [-0.05, 0) is 19.4 Å². The first-order valence-electron chi connectivity index (χ1n) is 5.80. The fourth-order valence-corrected chi connectivity index (χ4v) is 1.81. The van der Waals surface area contributed by atoms with Crippen molar-refractivity contribution in [2.45, 2.75) is 31.4 Å². The molecule has 1 fully saturated rings. The van der Waals surface area contributed by atoms with Gasteiger partial charge in [-0.1, -0.05) is 6.42 Å². The van der Waals surface area contributed by atoms with E-state index in [0.717, 1.165) is 25.8 Å². The van der Waals surface area contributed by atoms with Gasteiger partial charge in [-0.3, -0.25) is 4.79 Å². The van der Waals surface area contributed by atoms with E-state index in [1.807, 2.05) is 0 Å².